The van der Waals surface area contributed by atoms with Gasteiger partial charge in [0.25, 0.3) is 0 Å². The molecule has 4 atom stereocenters. The summed E-state index contributed by atoms with van der Waals surface area (Å²) < 4.78 is 1.97. The molecule has 2 amide bonds. The van der Waals surface area contributed by atoms with Crippen LogP contribution in [-0.2, 0) is 0 Å². The van der Waals surface area contributed by atoms with Crippen molar-refractivity contribution in [2.75, 3.05) is 6.54 Å². The number of hydrogen-bond acceptors (Lipinski definition) is 3. The molecule has 2 saturated carbocycles. The highest BCUT2D eigenvalue weighted by atomic mass is 16.3. The second-order valence-corrected chi connectivity index (χ2v) is 7.69. The molecule has 6 nitrogen and oxygen atoms in total. The maximum atomic E-state index is 12.4. The number of urea groups is 1. The molecule has 0 bridgehead atoms. The molecule has 24 heavy (non-hydrogen) atoms. The van der Waals surface area contributed by atoms with Crippen molar-refractivity contribution in [3.8, 4) is 0 Å². The molecule has 2 aliphatic carbocycles. The fourth-order valence-corrected chi connectivity index (χ4v) is 4.16. The molecule has 0 aliphatic heterocycles. The molecule has 3 rings (SSSR count). The van der Waals surface area contributed by atoms with Crippen molar-refractivity contribution in [2.24, 2.45) is 5.41 Å². The monoisotopic (exact) mass is 334 g/mol. The number of aliphatic hydroxyl groups is 1. The van der Waals surface area contributed by atoms with Crippen LogP contribution in [-0.4, -0.2) is 39.6 Å². The number of aliphatic hydroxyl groups excluding tert-OH is 1. The molecule has 1 aromatic rings. The Hall–Kier alpha value is -1.56. The average Bonchev–Trinajstić information content (AvgIpc) is 3.11. The van der Waals surface area contributed by atoms with Gasteiger partial charge in [-0.3, -0.25) is 4.68 Å². The van der Waals surface area contributed by atoms with Gasteiger partial charge in [-0.2, -0.15) is 5.10 Å². The van der Waals surface area contributed by atoms with E-state index in [1.54, 1.807) is 6.20 Å². The first-order valence-corrected chi connectivity index (χ1v) is 9.30. The second kappa shape index (κ2) is 7.55. The standard InChI is InChI=1S/C18H30N4O2/c1-18(10-5-4-9-16(18)23)13-19-17(24)21-14-7-2-3-8-15(14)22-12-6-11-20-22/h6,11-12,14-16,23H,2-5,7-10,13H2,1H3,(H2,19,21,24). The van der Waals surface area contributed by atoms with Gasteiger partial charge in [0.15, 0.2) is 0 Å². The number of nitrogens with zero attached hydrogens (tertiary/aromatic N) is 2. The van der Waals surface area contributed by atoms with Crippen LogP contribution in [0.4, 0.5) is 4.79 Å². The van der Waals surface area contributed by atoms with Gasteiger partial charge in [-0.25, -0.2) is 4.79 Å². The molecular weight excluding hydrogens is 304 g/mol. The first-order valence-electron chi connectivity index (χ1n) is 9.30. The maximum absolute atomic E-state index is 12.4. The van der Waals surface area contributed by atoms with E-state index in [2.05, 4.69) is 22.7 Å². The summed E-state index contributed by atoms with van der Waals surface area (Å²) in [6.07, 6.45) is 11.8. The molecule has 4 unspecified atom stereocenters. The SMILES string of the molecule is CC1(CNC(=O)NC2CCCCC2n2cccn2)CCCCC1O. The predicted molar refractivity (Wildman–Crippen MR) is 92.6 cm³/mol. The summed E-state index contributed by atoms with van der Waals surface area (Å²) in [7, 11) is 0. The Kier molecular flexibility index (Phi) is 5.43. The average molecular weight is 334 g/mol. The van der Waals surface area contributed by atoms with Gasteiger partial charge in [-0.05, 0) is 31.7 Å². The minimum atomic E-state index is -0.321. The summed E-state index contributed by atoms with van der Waals surface area (Å²) in [6.45, 7) is 2.60. The van der Waals surface area contributed by atoms with Crippen molar-refractivity contribution in [3.63, 3.8) is 0 Å². The Balaban J connectivity index is 1.53. The molecule has 134 valence electrons. The summed E-state index contributed by atoms with van der Waals surface area (Å²) in [6, 6.07) is 2.15. The number of carbonyl (C=O) groups is 1. The van der Waals surface area contributed by atoms with E-state index in [-0.39, 0.29) is 29.6 Å². The third kappa shape index (κ3) is 3.91. The van der Waals surface area contributed by atoms with Gasteiger partial charge in [0.1, 0.15) is 0 Å². The van der Waals surface area contributed by atoms with Gasteiger partial charge in [0.05, 0.1) is 18.2 Å². The normalized spacial score (nSPS) is 33.8. The van der Waals surface area contributed by atoms with Gasteiger partial charge < -0.3 is 15.7 Å². The van der Waals surface area contributed by atoms with Crippen molar-refractivity contribution in [2.45, 2.75) is 76.5 Å². The van der Waals surface area contributed by atoms with E-state index in [1.807, 2.05) is 16.9 Å². The highest BCUT2D eigenvalue weighted by molar-refractivity contribution is 5.74. The summed E-state index contributed by atoms with van der Waals surface area (Å²) in [5, 5.41) is 20.7. The van der Waals surface area contributed by atoms with E-state index in [1.165, 1.54) is 6.42 Å². The van der Waals surface area contributed by atoms with Crippen LogP contribution in [0.25, 0.3) is 0 Å². The van der Waals surface area contributed by atoms with Crippen LogP contribution < -0.4 is 10.6 Å². The van der Waals surface area contributed by atoms with Gasteiger partial charge >= 0.3 is 6.03 Å². The van der Waals surface area contributed by atoms with Crippen LogP contribution in [0, 0.1) is 5.41 Å². The smallest absolute Gasteiger partial charge is 0.315 e. The van der Waals surface area contributed by atoms with Gasteiger partial charge in [0, 0.05) is 24.4 Å². The summed E-state index contributed by atoms with van der Waals surface area (Å²) in [4.78, 5) is 12.4. The summed E-state index contributed by atoms with van der Waals surface area (Å²) >= 11 is 0. The van der Waals surface area contributed by atoms with E-state index in [0.717, 1.165) is 44.9 Å². The molecule has 0 aromatic carbocycles. The molecule has 0 saturated heterocycles. The van der Waals surface area contributed by atoms with Crippen LogP contribution in [0.15, 0.2) is 18.5 Å². The lowest BCUT2D eigenvalue weighted by molar-refractivity contribution is 0.00299. The Morgan fingerprint density at radius 2 is 2.08 bits per heavy atom. The van der Waals surface area contributed by atoms with E-state index in [4.69, 9.17) is 0 Å². The molecule has 2 aliphatic rings. The van der Waals surface area contributed by atoms with Crippen LogP contribution in [0.3, 0.4) is 0 Å². The molecule has 0 spiro atoms. The number of carbonyl (C=O) groups excluding carboxylic acids is 1. The van der Waals surface area contributed by atoms with E-state index in [0.29, 0.717) is 6.54 Å². The van der Waals surface area contributed by atoms with Crippen LogP contribution in [0.2, 0.25) is 0 Å². The number of aromatic nitrogens is 2. The van der Waals surface area contributed by atoms with E-state index >= 15 is 0 Å². The second-order valence-electron chi connectivity index (χ2n) is 7.69. The fourth-order valence-electron chi connectivity index (χ4n) is 4.16. The van der Waals surface area contributed by atoms with Crippen LogP contribution >= 0.6 is 0 Å². The van der Waals surface area contributed by atoms with Crippen molar-refractivity contribution in [1.29, 1.82) is 0 Å². The maximum Gasteiger partial charge on any atom is 0.315 e. The lowest BCUT2D eigenvalue weighted by Gasteiger charge is -2.39. The minimum Gasteiger partial charge on any atom is -0.392 e. The molecule has 2 fully saturated rings. The molecular formula is C18H30N4O2. The van der Waals surface area contributed by atoms with E-state index in [9.17, 15) is 9.90 Å². The highest BCUT2D eigenvalue weighted by Gasteiger charge is 2.36. The lowest BCUT2D eigenvalue weighted by Crippen LogP contribution is -2.51. The van der Waals surface area contributed by atoms with E-state index < -0.39 is 0 Å². The predicted octanol–water partition coefficient (Wildman–Crippen LogP) is 2.61. The molecule has 0 radical (unpaired) electrons. The third-order valence-electron chi connectivity index (χ3n) is 5.84. The Morgan fingerprint density at radius 3 is 2.83 bits per heavy atom. The van der Waals surface area contributed by atoms with Crippen molar-refractivity contribution >= 4 is 6.03 Å². The number of rotatable bonds is 4. The van der Waals surface area contributed by atoms with Crippen molar-refractivity contribution in [3.05, 3.63) is 18.5 Å². The Labute approximate surface area is 144 Å². The minimum absolute atomic E-state index is 0.114. The first kappa shape index (κ1) is 17.3. The van der Waals surface area contributed by atoms with Crippen LogP contribution in [0.1, 0.15) is 64.3 Å². The number of nitrogens with one attached hydrogen (secondary N) is 2. The molecule has 3 N–H and O–H groups in total. The fraction of sp³-hybridized carbons (Fsp3) is 0.778. The quantitative estimate of drug-likeness (QED) is 0.792. The topological polar surface area (TPSA) is 79.2 Å². The number of hydrogen-bond donors (Lipinski definition) is 3. The Bertz CT molecular complexity index is 533. The number of amides is 2. The van der Waals surface area contributed by atoms with Gasteiger partial charge in [-0.1, -0.05) is 32.6 Å². The third-order valence-corrected chi connectivity index (χ3v) is 5.84. The van der Waals surface area contributed by atoms with Gasteiger partial charge in [-0.15, -0.1) is 0 Å². The molecule has 1 aromatic heterocycles. The lowest BCUT2D eigenvalue weighted by atomic mass is 9.73. The molecule has 1 heterocycles. The van der Waals surface area contributed by atoms with Gasteiger partial charge in [0.2, 0.25) is 0 Å². The first-order chi connectivity index (χ1) is 11.6. The van der Waals surface area contributed by atoms with Crippen molar-refractivity contribution < 1.29 is 9.90 Å². The molecule has 6 heteroatoms. The zero-order valence-corrected chi connectivity index (χ0v) is 14.6. The van der Waals surface area contributed by atoms with Crippen LogP contribution in [0.5, 0.6) is 0 Å². The summed E-state index contributed by atoms with van der Waals surface area (Å²) in [5.74, 6) is 0. The highest BCUT2D eigenvalue weighted by Crippen LogP contribution is 2.35. The zero-order valence-electron chi connectivity index (χ0n) is 14.6. The summed E-state index contributed by atoms with van der Waals surface area (Å²) in [5.41, 5.74) is -0.205. The Morgan fingerprint density at radius 1 is 1.29 bits per heavy atom. The zero-order chi connectivity index (χ0) is 17.0. The largest absolute Gasteiger partial charge is 0.392 e. The van der Waals surface area contributed by atoms with Crippen molar-refractivity contribution in [1.82, 2.24) is 20.4 Å².